The molecule has 7 heteroatoms. The van der Waals surface area contributed by atoms with Crippen LogP contribution >= 0.6 is 11.6 Å². The van der Waals surface area contributed by atoms with Gasteiger partial charge in [-0.2, -0.15) is 0 Å². The standard InChI is InChI=1S/C19H14BClFNO3/c1-10-11(2)26-20(25-10)13-4-5-17-12(6-13)7-18(23-17)19-15(21)8-14(24-3)9-16(19)22/h4-9,23H,1-2H2,3H3. The lowest BCUT2D eigenvalue weighted by atomic mass is 9.79. The zero-order valence-corrected chi connectivity index (χ0v) is 14.7. The molecule has 4 rings (SSSR count). The van der Waals surface area contributed by atoms with Crippen LogP contribution in [0.1, 0.15) is 0 Å². The first kappa shape index (κ1) is 16.6. The topological polar surface area (TPSA) is 43.5 Å². The van der Waals surface area contributed by atoms with Gasteiger partial charge in [0.15, 0.2) is 0 Å². The van der Waals surface area contributed by atoms with Crippen LogP contribution in [0.25, 0.3) is 22.2 Å². The molecule has 3 aromatic rings. The second-order valence-electron chi connectivity index (χ2n) is 5.91. The third-order valence-corrected chi connectivity index (χ3v) is 4.55. The Morgan fingerprint density at radius 1 is 1.12 bits per heavy atom. The Kier molecular flexibility index (Phi) is 3.92. The summed E-state index contributed by atoms with van der Waals surface area (Å²) in [5.41, 5.74) is 2.51. The number of benzene rings is 2. The maximum atomic E-state index is 14.5. The highest BCUT2D eigenvalue weighted by atomic mass is 35.5. The molecule has 1 fully saturated rings. The summed E-state index contributed by atoms with van der Waals surface area (Å²) in [5, 5.41) is 1.14. The third-order valence-electron chi connectivity index (χ3n) is 4.25. The van der Waals surface area contributed by atoms with Crippen molar-refractivity contribution in [3.05, 3.63) is 71.9 Å². The van der Waals surface area contributed by atoms with Crippen LogP contribution in [-0.4, -0.2) is 19.2 Å². The molecule has 0 unspecified atom stereocenters. The Labute approximate surface area is 155 Å². The molecule has 0 saturated carbocycles. The third kappa shape index (κ3) is 2.72. The average molecular weight is 370 g/mol. The fourth-order valence-electron chi connectivity index (χ4n) is 2.91. The monoisotopic (exact) mass is 369 g/mol. The summed E-state index contributed by atoms with van der Waals surface area (Å²) in [6.45, 7) is 7.46. The molecule has 0 bridgehead atoms. The van der Waals surface area contributed by atoms with E-state index >= 15 is 0 Å². The van der Waals surface area contributed by atoms with Crippen molar-refractivity contribution in [1.29, 1.82) is 0 Å². The van der Waals surface area contributed by atoms with Gasteiger partial charge in [-0.1, -0.05) is 36.9 Å². The van der Waals surface area contributed by atoms with Gasteiger partial charge >= 0.3 is 7.12 Å². The zero-order chi connectivity index (χ0) is 18.4. The average Bonchev–Trinajstić information content (AvgIpc) is 3.16. The summed E-state index contributed by atoms with van der Waals surface area (Å²) >= 11 is 6.24. The molecule has 4 nitrogen and oxygen atoms in total. The highest BCUT2D eigenvalue weighted by Crippen LogP contribution is 2.35. The van der Waals surface area contributed by atoms with Crippen LogP contribution in [-0.2, 0) is 9.31 Å². The number of hydrogen-bond donors (Lipinski definition) is 1. The molecule has 1 aliphatic heterocycles. The number of hydrogen-bond acceptors (Lipinski definition) is 3. The van der Waals surface area contributed by atoms with Crippen molar-refractivity contribution >= 4 is 35.1 Å². The number of rotatable bonds is 3. The van der Waals surface area contributed by atoms with Crippen molar-refractivity contribution in [2.75, 3.05) is 7.11 Å². The van der Waals surface area contributed by atoms with Gasteiger partial charge in [0.05, 0.1) is 23.4 Å². The minimum atomic E-state index is -0.584. The number of fused-ring (bicyclic) bond motifs is 1. The maximum Gasteiger partial charge on any atom is 0.632 e. The Morgan fingerprint density at radius 3 is 2.50 bits per heavy atom. The molecule has 1 N–H and O–H groups in total. The van der Waals surface area contributed by atoms with E-state index in [-0.39, 0.29) is 5.02 Å². The molecule has 26 heavy (non-hydrogen) atoms. The van der Waals surface area contributed by atoms with Crippen LogP contribution in [0.4, 0.5) is 4.39 Å². The fraction of sp³-hybridized carbons (Fsp3) is 0.0526. The minimum absolute atomic E-state index is 0.267. The van der Waals surface area contributed by atoms with Gasteiger partial charge in [-0.05, 0) is 23.6 Å². The normalized spacial score (nSPS) is 13.9. The van der Waals surface area contributed by atoms with E-state index in [9.17, 15) is 4.39 Å². The van der Waals surface area contributed by atoms with Crippen LogP contribution in [0.3, 0.4) is 0 Å². The first-order valence-corrected chi connectivity index (χ1v) is 8.21. The summed E-state index contributed by atoms with van der Waals surface area (Å²) in [4.78, 5) is 3.18. The van der Waals surface area contributed by atoms with Crippen molar-refractivity contribution in [2.24, 2.45) is 0 Å². The lowest BCUT2D eigenvalue weighted by molar-refractivity contribution is 0.411. The first-order chi connectivity index (χ1) is 12.5. The molecule has 2 aromatic carbocycles. The van der Waals surface area contributed by atoms with Crippen LogP contribution in [0, 0.1) is 5.82 Å². The highest BCUT2D eigenvalue weighted by molar-refractivity contribution is 6.63. The van der Waals surface area contributed by atoms with Crippen molar-refractivity contribution in [2.45, 2.75) is 0 Å². The molecule has 0 spiro atoms. The zero-order valence-electron chi connectivity index (χ0n) is 13.9. The van der Waals surface area contributed by atoms with Gasteiger partial charge in [-0.15, -0.1) is 0 Å². The Morgan fingerprint density at radius 2 is 1.85 bits per heavy atom. The number of halogens is 2. The number of aromatic amines is 1. The minimum Gasteiger partial charge on any atom is -0.520 e. The summed E-state index contributed by atoms with van der Waals surface area (Å²) < 4.78 is 30.6. The predicted octanol–water partition coefficient (Wildman–Crippen LogP) is 4.41. The predicted molar refractivity (Wildman–Crippen MR) is 101 cm³/mol. The van der Waals surface area contributed by atoms with Gasteiger partial charge < -0.3 is 19.0 Å². The molecule has 1 saturated heterocycles. The van der Waals surface area contributed by atoms with E-state index in [1.54, 1.807) is 6.07 Å². The summed E-state index contributed by atoms with van der Waals surface area (Å²) in [5.74, 6) is 0.732. The van der Waals surface area contributed by atoms with Crippen LogP contribution in [0.15, 0.2) is 61.1 Å². The fourth-order valence-corrected chi connectivity index (χ4v) is 3.21. The van der Waals surface area contributed by atoms with Crippen LogP contribution in [0.2, 0.25) is 5.02 Å². The Bertz CT molecular complexity index is 1020. The second kappa shape index (κ2) is 6.14. The number of nitrogens with one attached hydrogen (secondary N) is 1. The second-order valence-corrected chi connectivity index (χ2v) is 6.32. The summed E-state index contributed by atoms with van der Waals surface area (Å²) in [6, 6.07) is 10.4. The SMILES string of the molecule is C=C1OB(c2ccc3[nH]c(-c4c(F)cc(OC)cc4Cl)cc3c2)OC1=C. The molecule has 1 aromatic heterocycles. The van der Waals surface area contributed by atoms with Crippen LogP contribution in [0.5, 0.6) is 5.75 Å². The van der Waals surface area contributed by atoms with E-state index in [1.165, 1.54) is 13.2 Å². The molecule has 0 radical (unpaired) electrons. The van der Waals surface area contributed by atoms with Crippen molar-refractivity contribution in [3.63, 3.8) is 0 Å². The molecule has 2 heterocycles. The Hall–Kier alpha value is -2.86. The van der Waals surface area contributed by atoms with E-state index in [4.69, 9.17) is 25.6 Å². The lowest BCUT2D eigenvalue weighted by Crippen LogP contribution is -2.30. The van der Waals surface area contributed by atoms with Gasteiger partial charge in [0.25, 0.3) is 0 Å². The van der Waals surface area contributed by atoms with E-state index in [1.807, 2.05) is 24.3 Å². The number of ether oxygens (including phenoxy) is 1. The van der Waals surface area contributed by atoms with Crippen LogP contribution < -0.4 is 10.2 Å². The van der Waals surface area contributed by atoms with Gasteiger partial charge in [-0.3, -0.25) is 0 Å². The summed E-state index contributed by atoms with van der Waals surface area (Å²) in [6.07, 6.45) is 0. The quantitative estimate of drug-likeness (QED) is 0.696. The number of aromatic nitrogens is 1. The van der Waals surface area contributed by atoms with Crippen molar-refractivity contribution < 1.29 is 18.4 Å². The van der Waals surface area contributed by atoms with E-state index in [2.05, 4.69) is 18.1 Å². The van der Waals surface area contributed by atoms with Gasteiger partial charge in [0.2, 0.25) is 0 Å². The lowest BCUT2D eigenvalue weighted by Gasteiger charge is -2.06. The molecule has 0 aliphatic carbocycles. The number of methoxy groups -OCH3 is 1. The number of H-pyrrole nitrogens is 1. The smallest absolute Gasteiger partial charge is 0.520 e. The van der Waals surface area contributed by atoms with E-state index < -0.39 is 12.9 Å². The summed E-state index contributed by atoms with van der Waals surface area (Å²) in [7, 11) is 0.880. The molecule has 1 aliphatic rings. The van der Waals surface area contributed by atoms with E-state index in [0.717, 1.165) is 16.4 Å². The van der Waals surface area contributed by atoms with Crippen molar-refractivity contribution in [1.82, 2.24) is 4.98 Å². The largest absolute Gasteiger partial charge is 0.632 e. The Balaban J connectivity index is 1.75. The molecule has 0 atom stereocenters. The van der Waals surface area contributed by atoms with Gasteiger partial charge in [0, 0.05) is 17.0 Å². The highest BCUT2D eigenvalue weighted by Gasteiger charge is 2.34. The maximum absolute atomic E-state index is 14.5. The molecule has 0 amide bonds. The first-order valence-electron chi connectivity index (χ1n) is 7.84. The molecular formula is C19H14BClFNO3. The van der Waals surface area contributed by atoms with Gasteiger partial charge in [0.1, 0.15) is 23.1 Å². The van der Waals surface area contributed by atoms with Crippen molar-refractivity contribution in [3.8, 4) is 17.0 Å². The molecule has 130 valence electrons. The van der Waals surface area contributed by atoms with Gasteiger partial charge in [-0.25, -0.2) is 4.39 Å². The molecular weight excluding hydrogens is 355 g/mol. The van der Waals surface area contributed by atoms with E-state index in [0.29, 0.717) is 28.5 Å².